The van der Waals surface area contributed by atoms with E-state index in [9.17, 15) is 9.59 Å². The Kier molecular flexibility index (Phi) is 5.41. The molecule has 3 atom stereocenters. The topological polar surface area (TPSA) is 78.4 Å². The summed E-state index contributed by atoms with van der Waals surface area (Å²) in [6, 6.07) is -0.414. The van der Waals surface area contributed by atoms with Gasteiger partial charge in [-0.15, -0.1) is 0 Å². The van der Waals surface area contributed by atoms with Crippen molar-refractivity contribution in [3.05, 3.63) is 0 Å². The summed E-state index contributed by atoms with van der Waals surface area (Å²) in [5.41, 5.74) is 0. The molecular formula is C12H22N2O3. The van der Waals surface area contributed by atoms with Crippen LogP contribution in [0.5, 0.6) is 0 Å². The minimum absolute atomic E-state index is 0.000676. The van der Waals surface area contributed by atoms with Gasteiger partial charge in [0.1, 0.15) is 0 Å². The van der Waals surface area contributed by atoms with Gasteiger partial charge in [0.05, 0.1) is 12.5 Å². The quantitative estimate of drug-likeness (QED) is 0.642. The summed E-state index contributed by atoms with van der Waals surface area (Å²) in [4.78, 5) is 22.6. The van der Waals surface area contributed by atoms with Crippen LogP contribution in [0.4, 0.5) is 0 Å². The van der Waals surface area contributed by atoms with Gasteiger partial charge in [-0.2, -0.15) is 0 Å². The lowest BCUT2D eigenvalue weighted by atomic mass is 10.0. The summed E-state index contributed by atoms with van der Waals surface area (Å²) in [5, 5.41) is 14.8. The van der Waals surface area contributed by atoms with Gasteiger partial charge >= 0.3 is 5.97 Å². The Balaban J connectivity index is 2.47. The van der Waals surface area contributed by atoms with Crippen LogP contribution in [-0.4, -0.2) is 35.6 Å². The Labute approximate surface area is 102 Å². The van der Waals surface area contributed by atoms with E-state index in [0.29, 0.717) is 12.3 Å². The van der Waals surface area contributed by atoms with Crippen LogP contribution in [0.25, 0.3) is 0 Å². The molecule has 1 aliphatic rings. The fourth-order valence-electron chi connectivity index (χ4n) is 2.26. The average Bonchev–Trinajstić information content (AvgIpc) is 2.63. The van der Waals surface area contributed by atoms with Crippen molar-refractivity contribution in [2.75, 3.05) is 6.54 Å². The number of rotatable bonds is 6. The molecular weight excluding hydrogens is 220 g/mol. The summed E-state index contributed by atoms with van der Waals surface area (Å²) < 4.78 is 0. The second-order valence-electron chi connectivity index (χ2n) is 4.79. The molecule has 1 amide bonds. The van der Waals surface area contributed by atoms with E-state index in [1.54, 1.807) is 0 Å². The highest BCUT2D eigenvalue weighted by Gasteiger charge is 2.30. The van der Waals surface area contributed by atoms with Crippen LogP contribution in [0.3, 0.4) is 0 Å². The molecule has 98 valence electrons. The third-order valence-electron chi connectivity index (χ3n) is 3.22. The number of hydrogen-bond donors (Lipinski definition) is 3. The number of carboxylic acid groups (broad SMARTS) is 1. The van der Waals surface area contributed by atoms with E-state index in [2.05, 4.69) is 10.6 Å². The van der Waals surface area contributed by atoms with Gasteiger partial charge in [0, 0.05) is 6.04 Å². The fourth-order valence-corrected chi connectivity index (χ4v) is 2.26. The lowest BCUT2D eigenvalue weighted by Crippen LogP contribution is -2.47. The van der Waals surface area contributed by atoms with Crippen molar-refractivity contribution in [2.45, 2.75) is 51.6 Å². The molecule has 3 unspecified atom stereocenters. The van der Waals surface area contributed by atoms with Crippen molar-refractivity contribution in [3.8, 4) is 0 Å². The number of hydrogen-bond acceptors (Lipinski definition) is 3. The number of carboxylic acids is 1. The molecule has 0 radical (unpaired) electrons. The smallest absolute Gasteiger partial charge is 0.305 e. The largest absolute Gasteiger partial charge is 0.481 e. The molecule has 0 aromatic carbocycles. The van der Waals surface area contributed by atoms with E-state index in [-0.39, 0.29) is 24.4 Å². The van der Waals surface area contributed by atoms with Crippen molar-refractivity contribution < 1.29 is 14.7 Å². The molecule has 17 heavy (non-hydrogen) atoms. The van der Waals surface area contributed by atoms with Gasteiger partial charge in [0.25, 0.3) is 0 Å². The molecule has 1 rings (SSSR count). The predicted octanol–water partition coefficient (Wildman–Crippen LogP) is 0.744. The highest BCUT2D eigenvalue weighted by atomic mass is 16.4. The molecule has 1 aliphatic heterocycles. The molecule has 3 N–H and O–H groups in total. The van der Waals surface area contributed by atoms with Crippen LogP contribution >= 0.6 is 0 Å². The number of carbonyl (C=O) groups excluding carboxylic acids is 1. The molecule has 0 saturated carbocycles. The number of aliphatic carboxylic acids is 1. The van der Waals surface area contributed by atoms with Gasteiger partial charge in [-0.25, -0.2) is 0 Å². The van der Waals surface area contributed by atoms with Crippen LogP contribution in [-0.2, 0) is 9.59 Å². The first-order chi connectivity index (χ1) is 8.04. The van der Waals surface area contributed by atoms with Crippen molar-refractivity contribution >= 4 is 11.9 Å². The summed E-state index contributed by atoms with van der Waals surface area (Å²) in [6.07, 6.45) is 2.57. The minimum Gasteiger partial charge on any atom is -0.481 e. The maximum absolute atomic E-state index is 12.0. The summed E-state index contributed by atoms with van der Waals surface area (Å²) >= 11 is 0. The van der Waals surface area contributed by atoms with Crippen LogP contribution < -0.4 is 10.6 Å². The van der Waals surface area contributed by atoms with Crippen LogP contribution in [0, 0.1) is 5.92 Å². The Morgan fingerprint density at radius 1 is 1.53 bits per heavy atom. The Morgan fingerprint density at radius 3 is 2.71 bits per heavy atom. The first-order valence-electron chi connectivity index (χ1n) is 6.30. The lowest BCUT2D eigenvalue weighted by Gasteiger charge is -2.21. The Morgan fingerprint density at radius 2 is 2.24 bits per heavy atom. The monoisotopic (exact) mass is 242 g/mol. The van der Waals surface area contributed by atoms with Gasteiger partial charge in [-0.3, -0.25) is 9.59 Å². The zero-order valence-electron chi connectivity index (χ0n) is 10.5. The first kappa shape index (κ1) is 14.0. The van der Waals surface area contributed by atoms with Gasteiger partial charge in [0.2, 0.25) is 5.91 Å². The van der Waals surface area contributed by atoms with E-state index < -0.39 is 5.97 Å². The minimum atomic E-state index is -0.865. The fraction of sp³-hybridized carbons (Fsp3) is 0.833. The van der Waals surface area contributed by atoms with Gasteiger partial charge in [-0.1, -0.05) is 20.3 Å². The normalized spacial score (nSPS) is 25.5. The maximum Gasteiger partial charge on any atom is 0.305 e. The van der Waals surface area contributed by atoms with Crippen LogP contribution in [0.1, 0.15) is 39.5 Å². The van der Waals surface area contributed by atoms with Crippen LogP contribution in [0.2, 0.25) is 0 Å². The molecule has 1 fully saturated rings. The molecule has 0 bridgehead atoms. The molecule has 5 heteroatoms. The van der Waals surface area contributed by atoms with Crippen molar-refractivity contribution in [3.63, 3.8) is 0 Å². The standard InChI is InChI=1S/C12H22N2O3/c1-3-4-9(7-10(15)16)14-12(17)11-8(2)5-6-13-11/h8-9,11,13H,3-7H2,1-2H3,(H,14,17)(H,15,16). The third kappa shape index (κ3) is 4.34. The van der Waals surface area contributed by atoms with Crippen LogP contribution in [0.15, 0.2) is 0 Å². The van der Waals surface area contributed by atoms with E-state index in [1.165, 1.54) is 0 Å². The predicted molar refractivity (Wildman–Crippen MR) is 64.7 cm³/mol. The Hall–Kier alpha value is -1.10. The van der Waals surface area contributed by atoms with Gasteiger partial charge in [-0.05, 0) is 25.3 Å². The van der Waals surface area contributed by atoms with Crippen molar-refractivity contribution in [1.82, 2.24) is 10.6 Å². The molecule has 0 aromatic rings. The SMILES string of the molecule is CCCC(CC(=O)O)NC(=O)C1NCCC1C. The highest BCUT2D eigenvalue weighted by Crippen LogP contribution is 2.15. The van der Waals surface area contributed by atoms with Crippen molar-refractivity contribution in [2.24, 2.45) is 5.92 Å². The summed E-state index contributed by atoms with van der Waals surface area (Å²) in [6.45, 7) is 4.88. The molecule has 5 nitrogen and oxygen atoms in total. The molecule has 1 heterocycles. The van der Waals surface area contributed by atoms with Crippen molar-refractivity contribution in [1.29, 1.82) is 0 Å². The van der Waals surface area contributed by atoms with E-state index >= 15 is 0 Å². The molecule has 0 spiro atoms. The molecule has 0 aliphatic carbocycles. The number of amides is 1. The summed E-state index contributed by atoms with van der Waals surface area (Å²) in [7, 11) is 0. The number of nitrogens with one attached hydrogen (secondary N) is 2. The second-order valence-corrected chi connectivity index (χ2v) is 4.79. The first-order valence-corrected chi connectivity index (χ1v) is 6.30. The van der Waals surface area contributed by atoms with E-state index in [0.717, 1.165) is 19.4 Å². The molecule has 1 saturated heterocycles. The van der Waals surface area contributed by atoms with E-state index in [1.807, 2.05) is 13.8 Å². The zero-order valence-corrected chi connectivity index (χ0v) is 10.5. The lowest BCUT2D eigenvalue weighted by molar-refractivity contribution is -0.137. The Bertz CT molecular complexity index is 281. The summed E-state index contributed by atoms with van der Waals surface area (Å²) in [5.74, 6) is -0.604. The zero-order chi connectivity index (χ0) is 12.8. The van der Waals surface area contributed by atoms with Gasteiger partial charge < -0.3 is 15.7 Å². The third-order valence-corrected chi connectivity index (χ3v) is 3.22. The average molecular weight is 242 g/mol. The maximum atomic E-state index is 12.0. The second kappa shape index (κ2) is 6.59. The number of carbonyl (C=O) groups is 2. The highest BCUT2D eigenvalue weighted by molar-refractivity contribution is 5.83. The molecule has 0 aromatic heterocycles. The van der Waals surface area contributed by atoms with Gasteiger partial charge in [0.15, 0.2) is 0 Å². The van der Waals surface area contributed by atoms with E-state index in [4.69, 9.17) is 5.11 Å².